The van der Waals surface area contributed by atoms with Gasteiger partial charge in [0.2, 0.25) is 5.91 Å². The van der Waals surface area contributed by atoms with E-state index in [0.717, 1.165) is 11.6 Å². The van der Waals surface area contributed by atoms with Crippen molar-refractivity contribution in [3.05, 3.63) is 42.5 Å². The first-order chi connectivity index (χ1) is 10.1. The topological polar surface area (TPSA) is 46.2 Å². The van der Waals surface area contributed by atoms with Crippen molar-refractivity contribution in [2.24, 2.45) is 5.92 Å². The first kappa shape index (κ1) is 15.4. The molecule has 0 unspecified atom stereocenters. The summed E-state index contributed by atoms with van der Waals surface area (Å²) < 4.78 is 13.6. The van der Waals surface area contributed by atoms with Crippen LogP contribution in [0, 0.1) is 5.92 Å². The molecule has 2 fully saturated rings. The van der Waals surface area contributed by atoms with Crippen molar-refractivity contribution >= 4 is 18.4 Å². The van der Waals surface area contributed by atoms with Crippen LogP contribution in [-0.4, -0.2) is 18.4 Å². The molecule has 4 heteroatoms. The number of rotatable bonds is 4. The van der Waals surface area contributed by atoms with Crippen LogP contribution in [0.15, 0.2) is 36.9 Å². The van der Waals surface area contributed by atoms with Crippen molar-refractivity contribution < 1.29 is 16.8 Å². The normalized spacial score (nSPS) is 26.8. The van der Waals surface area contributed by atoms with E-state index in [0.29, 0.717) is 0 Å². The summed E-state index contributed by atoms with van der Waals surface area (Å²) in [5.74, 6) is 0.400. The minimum absolute atomic E-state index is 0. The summed E-state index contributed by atoms with van der Waals surface area (Å²) in [4.78, 5) is 19.9. The number of amides is 1. The second-order valence-corrected chi connectivity index (χ2v) is 5.73. The molecule has 1 aromatic rings. The van der Waals surface area contributed by atoms with Crippen molar-refractivity contribution in [1.82, 2.24) is 0 Å². The van der Waals surface area contributed by atoms with Gasteiger partial charge in [0.15, 0.2) is 0 Å². The number of hydrogen-bond acceptors (Lipinski definition) is 2. The Kier molecular flexibility index (Phi) is 4.56. The first-order valence-corrected chi connectivity index (χ1v) is 7.12. The third kappa shape index (κ3) is 3.57. The zero-order valence-electron chi connectivity index (χ0n) is 12.0. The van der Waals surface area contributed by atoms with Gasteiger partial charge in [-0.25, -0.2) is 4.39 Å². The molecule has 3 nitrogen and oxygen atoms in total. The van der Waals surface area contributed by atoms with E-state index in [9.17, 15) is 9.18 Å². The van der Waals surface area contributed by atoms with Gasteiger partial charge in [0.05, 0.1) is 0 Å². The molecule has 2 saturated carbocycles. The third-order valence-corrected chi connectivity index (χ3v) is 4.14. The van der Waals surface area contributed by atoms with Crippen LogP contribution < -0.4 is 5.32 Å². The van der Waals surface area contributed by atoms with E-state index in [1.165, 1.54) is 24.5 Å². The molecule has 0 radical (unpaired) electrons. The van der Waals surface area contributed by atoms with Gasteiger partial charge in [-0.1, -0.05) is 24.8 Å². The van der Waals surface area contributed by atoms with Crippen molar-refractivity contribution in [3.8, 4) is 0 Å². The molecule has 2 aliphatic carbocycles. The van der Waals surface area contributed by atoms with Gasteiger partial charge in [-0.05, 0) is 49.3 Å². The predicted molar refractivity (Wildman–Crippen MR) is 85.2 cm³/mol. The van der Waals surface area contributed by atoms with Crippen LogP contribution >= 0.6 is 0 Å². The number of carbonyl (C=O) groups is 2. The summed E-state index contributed by atoms with van der Waals surface area (Å²) in [7, 11) is 0. The maximum atomic E-state index is 13.6. The van der Waals surface area contributed by atoms with E-state index in [2.05, 4.69) is 24.0 Å². The number of hydrogen-bond donors (Lipinski definition) is 1. The molecule has 0 atom stereocenters. The average Bonchev–Trinajstić information content (AvgIpc) is 3.31. The largest absolute Gasteiger partial charge is 0.326 e. The van der Waals surface area contributed by atoms with Crippen LogP contribution in [0.3, 0.4) is 0 Å². The molecular formula is C17H24FNO2. The highest BCUT2D eigenvalue weighted by molar-refractivity contribution is 5.93. The van der Waals surface area contributed by atoms with Gasteiger partial charge in [0.1, 0.15) is 12.5 Å². The highest BCUT2D eigenvalue weighted by Crippen LogP contribution is 2.43. The lowest BCUT2D eigenvalue weighted by molar-refractivity contribution is -0.126. The maximum absolute atomic E-state index is 13.6. The Morgan fingerprint density at radius 3 is 2.33 bits per heavy atom. The van der Waals surface area contributed by atoms with Crippen LogP contribution in [0.4, 0.5) is 10.1 Å². The lowest BCUT2D eigenvalue weighted by Gasteiger charge is -2.38. The van der Waals surface area contributed by atoms with E-state index in [-0.39, 0.29) is 27.5 Å². The van der Waals surface area contributed by atoms with Gasteiger partial charge in [0.25, 0.3) is 0 Å². The Balaban J connectivity index is 0.00000117. The van der Waals surface area contributed by atoms with Crippen LogP contribution in [0.5, 0.6) is 0 Å². The Hall–Kier alpha value is -1.97. The highest BCUT2D eigenvalue weighted by atomic mass is 19.1. The maximum Gasteiger partial charge on any atom is 0.227 e. The zero-order chi connectivity index (χ0) is 15.5. The molecule has 1 amide bonds. The zero-order valence-corrected chi connectivity index (χ0v) is 12.0. The van der Waals surface area contributed by atoms with Crippen molar-refractivity contribution in [1.29, 1.82) is 0 Å². The number of benzene rings is 1. The standard InChI is InChI=1S/C16H18FNO.CH2O.2H2/c1-2-16(17)9-13(10-16)15(19)18-14-7-5-12(6-8-14)11-3-4-11;1-2;;/h2,5-8,11,13H,1,3-4,9-10H2,(H,18,19);1H2;2*1H. The molecule has 2 aliphatic rings. The third-order valence-electron chi connectivity index (χ3n) is 4.14. The summed E-state index contributed by atoms with van der Waals surface area (Å²) in [5.41, 5.74) is 0.804. The molecule has 0 aliphatic heterocycles. The van der Waals surface area contributed by atoms with Crippen molar-refractivity contribution in [2.45, 2.75) is 37.3 Å². The number of alkyl halides is 1. The smallest absolute Gasteiger partial charge is 0.227 e. The Morgan fingerprint density at radius 2 is 1.86 bits per heavy atom. The fourth-order valence-corrected chi connectivity index (χ4v) is 2.61. The second-order valence-electron chi connectivity index (χ2n) is 5.73. The number of carbonyl (C=O) groups excluding carboxylic acids is 2. The number of anilines is 1. The van der Waals surface area contributed by atoms with Gasteiger partial charge >= 0.3 is 0 Å². The lowest BCUT2D eigenvalue weighted by Crippen LogP contribution is -2.44. The van der Waals surface area contributed by atoms with Crippen LogP contribution in [0.2, 0.25) is 0 Å². The fourth-order valence-electron chi connectivity index (χ4n) is 2.61. The molecule has 0 bridgehead atoms. The molecule has 21 heavy (non-hydrogen) atoms. The Morgan fingerprint density at radius 1 is 1.29 bits per heavy atom. The van der Waals surface area contributed by atoms with E-state index < -0.39 is 5.67 Å². The highest BCUT2D eigenvalue weighted by Gasteiger charge is 2.45. The Bertz CT molecular complexity index is 526. The summed E-state index contributed by atoms with van der Waals surface area (Å²) >= 11 is 0. The molecule has 0 aromatic heterocycles. The fraction of sp³-hybridized carbons (Fsp3) is 0.412. The summed E-state index contributed by atoms with van der Waals surface area (Å²) in [6, 6.07) is 8.00. The molecular weight excluding hydrogens is 269 g/mol. The molecule has 1 aromatic carbocycles. The van der Waals surface area contributed by atoms with E-state index >= 15 is 0 Å². The predicted octanol–water partition coefficient (Wildman–Crippen LogP) is 4.11. The summed E-state index contributed by atoms with van der Waals surface area (Å²) in [6.07, 6.45) is 4.36. The minimum Gasteiger partial charge on any atom is -0.326 e. The van der Waals surface area contributed by atoms with Crippen molar-refractivity contribution in [2.75, 3.05) is 5.32 Å². The van der Waals surface area contributed by atoms with Crippen LogP contribution in [-0.2, 0) is 9.59 Å². The van der Waals surface area contributed by atoms with Crippen LogP contribution in [0.1, 0.15) is 40.0 Å². The number of allylic oxidation sites excluding steroid dienone is 1. The van der Waals surface area contributed by atoms with E-state index in [1.807, 2.05) is 18.9 Å². The number of halogens is 1. The summed E-state index contributed by atoms with van der Waals surface area (Å²) in [5, 5.41) is 2.85. The molecule has 1 N–H and O–H groups in total. The monoisotopic (exact) mass is 293 g/mol. The minimum atomic E-state index is -1.34. The van der Waals surface area contributed by atoms with Gasteiger partial charge in [-0.2, -0.15) is 0 Å². The van der Waals surface area contributed by atoms with Crippen LogP contribution in [0.25, 0.3) is 0 Å². The van der Waals surface area contributed by atoms with Gasteiger partial charge in [0, 0.05) is 14.5 Å². The average molecular weight is 293 g/mol. The first-order valence-electron chi connectivity index (χ1n) is 7.12. The van der Waals surface area contributed by atoms with Crippen molar-refractivity contribution in [3.63, 3.8) is 0 Å². The molecule has 116 valence electrons. The lowest BCUT2D eigenvalue weighted by atomic mass is 9.72. The van der Waals surface area contributed by atoms with Gasteiger partial charge in [-0.15, -0.1) is 0 Å². The SMILES string of the molecule is C=CC1(F)CC(C(=O)Nc2ccc(C3CC3)cc2)C1.C=O.[HH].[HH]. The molecule has 3 rings (SSSR count). The van der Waals surface area contributed by atoms with Gasteiger partial charge in [-0.3, -0.25) is 4.79 Å². The Labute approximate surface area is 127 Å². The molecule has 0 saturated heterocycles. The van der Waals surface area contributed by atoms with E-state index in [1.54, 1.807) is 0 Å². The number of nitrogens with one attached hydrogen (secondary N) is 1. The summed E-state index contributed by atoms with van der Waals surface area (Å²) in [6.45, 7) is 5.46. The molecule has 0 spiro atoms. The van der Waals surface area contributed by atoms with E-state index in [4.69, 9.17) is 4.79 Å². The second kappa shape index (κ2) is 6.20. The quantitative estimate of drug-likeness (QED) is 0.849. The molecule has 0 heterocycles. The van der Waals surface area contributed by atoms with Gasteiger partial charge < -0.3 is 10.1 Å².